The summed E-state index contributed by atoms with van der Waals surface area (Å²) >= 11 is 0. The van der Waals surface area contributed by atoms with E-state index in [9.17, 15) is 32.3 Å². The molecular formula is C27H21F3N3O5+. The number of nitrogens with one attached hydrogen (secondary N) is 1. The smallest absolute Gasteiger partial charge is 0.323 e. The lowest BCUT2D eigenvalue weighted by Gasteiger charge is -2.26. The summed E-state index contributed by atoms with van der Waals surface area (Å²) < 4.78 is 48.4. The molecule has 1 N–H and O–H groups in total. The topological polar surface area (TPSA) is 95.8 Å². The fourth-order valence-corrected chi connectivity index (χ4v) is 4.49. The molecule has 0 saturated carbocycles. The minimum Gasteiger partial charge on any atom is -0.479 e. The number of amides is 2. The molecule has 38 heavy (non-hydrogen) atoms. The third-order valence-corrected chi connectivity index (χ3v) is 6.44. The lowest BCUT2D eigenvalue weighted by Crippen LogP contribution is -2.49. The van der Waals surface area contributed by atoms with Gasteiger partial charge in [-0.05, 0) is 12.0 Å². The molecule has 0 spiro atoms. The van der Waals surface area contributed by atoms with Crippen LogP contribution in [-0.2, 0) is 37.1 Å². The Kier molecular flexibility index (Phi) is 6.66. The lowest BCUT2D eigenvalue weighted by molar-refractivity contribution is -0.405. The van der Waals surface area contributed by atoms with Gasteiger partial charge in [0, 0.05) is 37.2 Å². The Balaban J connectivity index is 1.52. The predicted octanol–water partition coefficient (Wildman–Crippen LogP) is 2.27. The highest BCUT2D eigenvalue weighted by Crippen LogP contribution is 2.28. The van der Waals surface area contributed by atoms with Crippen molar-refractivity contribution in [2.45, 2.75) is 26.0 Å². The van der Waals surface area contributed by atoms with Crippen LogP contribution >= 0.6 is 0 Å². The van der Waals surface area contributed by atoms with Crippen molar-refractivity contribution in [3.63, 3.8) is 0 Å². The van der Waals surface area contributed by atoms with Gasteiger partial charge in [-0.3, -0.25) is 19.2 Å². The van der Waals surface area contributed by atoms with E-state index in [1.807, 2.05) is 0 Å². The zero-order valence-electron chi connectivity index (χ0n) is 19.9. The Bertz CT molecular complexity index is 1460. The van der Waals surface area contributed by atoms with E-state index in [0.29, 0.717) is 30.7 Å². The van der Waals surface area contributed by atoms with E-state index in [0.717, 1.165) is 6.20 Å². The molecule has 0 aromatic heterocycles. The largest absolute Gasteiger partial charge is 0.479 e. The molecule has 2 aromatic carbocycles. The van der Waals surface area contributed by atoms with Crippen LogP contribution in [0.1, 0.15) is 24.0 Å². The first kappa shape index (κ1) is 25.1. The summed E-state index contributed by atoms with van der Waals surface area (Å²) in [6.45, 7) is -0.465. The predicted molar refractivity (Wildman–Crippen MR) is 126 cm³/mol. The standard InChI is InChI=1S/C27H20F3N3O5/c28-16-9-19(29)17(20(30)10-16)11-31-26(36)18-12-33-21-13-32(8-4-7-22(21)34)27(37)23(33)25(24(18)35)38-14-15-5-2-1-3-6-15/h1-3,5-6,9-10,12H,4,7-8,11,13-14H2/p+1. The quantitative estimate of drug-likeness (QED) is 0.462. The molecule has 8 nitrogen and oxygen atoms in total. The summed E-state index contributed by atoms with van der Waals surface area (Å²) in [6, 6.07) is 9.75. The number of fused-ring (bicyclic) bond motifs is 3. The third kappa shape index (κ3) is 4.62. The highest BCUT2D eigenvalue weighted by atomic mass is 19.1. The summed E-state index contributed by atoms with van der Waals surface area (Å²) in [7, 11) is 0. The summed E-state index contributed by atoms with van der Waals surface area (Å²) in [6.07, 6.45) is 1.69. The zero-order chi connectivity index (χ0) is 27.0. The maximum atomic E-state index is 14.1. The second-order valence-electron chi connectivity index (χ2n) is 8.92. The number of benzene rings is 2. The number of ether oxygens (including phenoxy) is 1. The van der Waals surface area contributed by atoms with E-state index in [1.165, 1.54) is 9.48 Å². The number of ketones is 2. The monoisotopic (exact) mass is 524 g/mol. The first-order valence-electron chi connectivity index (χ1n) is 11.8. The Hall–Kier alpha value is -4.54. The number of hydrogen-bond acceptors (Lipinski definition) is 5. The lowest BCUT2D eigenvalue weighted by atomic mass is 10.0. The summed E-state index contributed by atoms with van der Waals surface area (Å²) in [5.41, 5.74) is -0.378. The molecule has 0 aliphatic carbocycles. The average molecular weight is 524 g/mol. The second-order valence-corrected chi connectivity index (χ2v) is 8.92. The average Bonchev–Trinajstić information content (AvgIpc) is 3.06. The molecule has 2 amide bonds. The van der Waals surface area contributed by atoms with Gasteiger partial charge in [0.15, 0.2) is 11.8 Å². The second kappa shape index (κ2) is 10.1. The molecule has 1 fully saturated rings. The van der Waals surface area contributed by atoms with Crippen molar-refractivity contribution in [1.29, 1.82) is 0 Å². The maximum absolute atomic E-state index is 14.1. The summed E-state index contributed by atoms with van der Waals surface area (Å²) in [4.78, 5) is 54.1. The Morgan fingerprint density at radius 3 is 2.47 bits per heavy atom. The van der Waals surface area contributed by atoms with E-state index in [2.05, 4.69) is 5.32 Å². The minimum absolute atomic E-state index is 0.00127. The molecule has 0 atom stereocenters. The Morgan fingerprint density at radius 1 is 1.05 bits per heavy atom. The van der Waals surface area contributed by atoms with E-state index in [1.54, 1.807) is 30.3 Å². The number of Topliss-reactive ketones (excluding diaryl/α,β-unsaturated/α-hetero) is 2. The van der Waals surface area contributed by atoms with Crippen molar-refractivity contribution in [2.75, 3.05) is 13.1 Å². The summed E-state index contributed by atoms with van der Waals surface area (Å²) in [5.74, 6) is -6.66. The van der Waals surface area contributed by atoms with Crippen molar-refractivity contribution < 1.29 is 41.7 Å². The molecule has 0 radical (unpaired) electrons. The van der Waals surface area contributed by atoms with Crippen molar-refractivity contribution in [2.24, 2.45) is 0 Å². The van der Waals surface area contributed by atoms with Gasteiger partial charge in [-0.15, -0.1) is 0 Å². The van der Waals surface area contributed by atoms with Gasteiger partial charge in [0.25, 0.3) is 5.91 Å². The van der Waals surface area contributed by atoms with Crippen LogP contribution in [0.25, 0.3) is 0 Å². The molecule has 194 valence electrons. The number of carbonyl (C=O) groups is 4. The first-order chi connectivity index (χ1) is 18.2. The van der Waals surface area contributed by atoms with Gasteiger partial charge in [-0.25, -0.2) is 13.2 Å². The van der Waals surface area contributed by atoms with Gasteiger partial charge in [0.2, 0.25) is 23.0 Å². The number of nitrogens with zero attached hydrogens (tertiary/aromatic N) is 2. The molecule has 2 aromatic rings. The van der Waals surface area contributed by atoms with E-state index in [-0.39, 0.29) is 36.8 Å². The Morgan fingerprint density at radius 2 is 1.76 bits per heavy atom. The Labute approximate surface area is 214 Å². The molecule has 3 heterocycles. The van der Waals surface area contributed by atoms with Crippen molar-refractivity contribution in [3.8, 4) is 0 Å². The van der Waals surface area contributed by atoms with Crippen molar-refractivity contribution >= 4 is 29.1 Å². The zero-order valence-corrected chi connectivity index (χ0v) is 19.9. The summed E-state index contributed by atoms with van der Waals surface area (Å²) in [5, 5.41) is 2.26. The fraction of sp³-hybridized carbons (Fsp3) is 0.222. The normalized spacial score (nSPS) is 17.3. The molecule has 2 bridgehead atoms. The highest BCUT2D eigenvalue weighted by molar-refractivity contribution is 6.40. The number of carbonyl (C=O) groups excluding carboxylic acids is 4. The molecule has 3 aliphatic rings. The van der Waals surface area contributed by atoms with Gasteiger partial charge >= 0.3 is 11.6 Å². The van der Waals surface area contributed by atoms with E-state index >= 15 is 0 Å². The number of allylic oxidation sites excluding steroid dienone is 1. The third-order valence-electron chi connectivity index (χ3n) is 6.44. The van der Waals surface area contributed by atoms with Gasteiger partial charge in [0.1, 0.15) is 30.6 Å². The number of halogens is 3. The van der Waals surface area contributed by atoms with Gasteiger partial charge < -0.3 is 15.0 Å². The maximum Gasteiger partial charge on any atom is 0.323 e. The number of rotatable bonds is 6. The van der Waals surface area contributed by atoms with E-state index in [4.69, 9.17) is 4.74 Å². The van der Waals surface area contributed by atoms with Crippen LogP contribution < -0.4 is 5.32 Å². The molecule has 5 rings (SSSR count). The molecule has 3 aliphatic heterocycles. The van der Waals surface area contributed by atoms with Gasteiger partial charge in [-0.2, -0.15) is 4.58 Å². The van der Waals surface area contributed by atoms with Crippen LogP contribution in [0.15, 0.2) is 65.7 Å². The minimum atomic E-state index is -1.21. The van der Waals surface area contributed by atoms with E-state index < -0.39 is 58.5 Å². The van der Waals surface area contributed by atoms with Crippen LogP contribution in [0.3, 0.4) is 0 Å². The number of hydrogen-bond donors (Lipinski definition) is 1. The van der Waals surface area contributed by atoms with Crippen LogP contribution in [0.2, 0.25) is 0 Å². The van der Waals surface area contributed by atoms with Crippen LogP contribution in [0.4, 0.5) is 13.2 Å². The fourth-order valence-electron chi connectivity index (χ4n) is 4.49. The molecular weight excluding hydrogens is 503 g/mol. The van der Waals surface area contributed by atoms with Crippen molar-refractivity contribution in [1.82, 2.24) is 10.2 Å². The van der Waals surface area contributed by atoms with Crippen LogP contribution in [0.5, 0.6) is 0 Å². The van der Waals surface area contributed by atoms with Crippen molar-refractivity contribution in [3.05, 3.63) is 94.3 Å². The van der Waals surface area contributed by atoms with Crippen LogP contribution in [-0.4, -0.2) is 51.7 Å². The molecule has 1 saturated heterocycles. The van der Waals surface area contributed by atoms with Gasteiger partial charge in [-0.1, -0.05) is 30.3 Å². The molecule has 11 heteroatoms. The SMILES string of the molecule is O=C1CCCN2CC1=[N+]1C=C(C(=O)NCc3c(F)cc(F)cc3F)C(=O)C(OCc3ccccc3)=C1C2=O. The molecule has 0 unspecified atom stereocenters. The first-order valence-corrected chi connectivity index (χ1v) is 11.8. The highest BCUT2D eigenvalue weighted by Gasteiger charge is 2.49. The van der Waals surface area contributed by atoms with Crippen LogP contribution in [0, 0.1) is 17.5 Å². The van der Waals surface area contributed by atoms with Gasteiger partial charge in [0.05, 0.1) is 0 Å².